The van der Waals surface area contributed by atoms with Gasteiger partial charge in [0.25, 0.3) is 0 Å². The molecule has 0 saturated carbocycles. The van der Waals surface area contributed by atoms with Crippen molar-refractivity contribution in [2.75, 3.05) is 43.1 Å². The monoisotopic (exact) mass is 396 g/mol. The van der Waals surface area contributed by atoms with Gasteiger partial charge in [-0.2, -0.15) is 0 Å². The SMILES string of the molecule is CCc1nc(NCCCc2ccc(N3CCOCC3)cc2)c2cc(C)sc2n1. The van der Waals surface area contributed by atoms with Gasteiger partial charge in [-0.1, -0.05) is 19.1 Å². The largest absolute Gasteiger partial charge is 0.378 e. The number of rotatable bonds is 7. The summed E-state index contributed by atoms with van der Waals surface area (Å²) in [6.45, 7) is 8.76. The zero-order chi connectivity index (χ0) is 19.3. The van der Waals surface area contributed by atoms with Crippen molar-refractivity contribution >= 4 is 33.1 Å². The topological polar surface area (TPSA) is 50.3 Å². The van der Waals surface area contributed by atoms with Crippen molar-refractivity contribution < 1.29 is 4.74 Å². The molecule has 1 aliphatic heterocycles. The van der Waals surface area contributed by atoms with Gasteiger partial charge in [-0.05, 0) is 43.5 Å². The van der Waals surface area contributed by atoms with Gasteiger partial charge in [0.2, 0.25) is 0 Å². The van der Waals surface area contributed by atoms with E-state index >= 15 is 0 Å². The molecule has 6 heteroatoms. The molecule has 5 nitrogen and oxygen atoms in total. The summed E-state index contributed by atoms with van der Waals surface area (Å²) in [4.78, 5) is 14.1. The Kier molecular flexibility index (Phi) is 6.07. The molecule has 0 atom stereocenters. The Morgan fingerprint density at radius 1 is 1.14 bits per heavy atom. The number of hydrogen-bond acceptors (Lipinski definition) is 6. The van der Waals surface area contributed by atoms with Crippen LogP contribution in [0.5, 0.6) is 0 Å². The van der Waals surface area contributed by atoms with Crippen LogP contribution in [0, 0.1) is 6.92 Å². The molecule has 1 fully saturated rings. The average molecular weight is 397 g/mol. The number of thiophene rings is 1. The van der Waals surface area contributed by atoms with Crippen molar-refractivity contribution in [3.63, 3.8) is 0 Å². The molecule has 1 saturated heterocycles. The molecule has 3 heterocycles. The van der Waals surface area contributed by atoms with Crippen molar-refractivity contribution in [1.82, 2.24) is 9.97 Å². The third kappa shape index (κ3) is 4.45. The average Bonchev–Trinajstić information content (AvgIpc) is 3.12. The van der Waals surface area contributed by atoms with E-state index in [1.54, 1.807) is 11.3 Å². The molecule has 3 aromatic rings. The van der Waals surface area contributed by atoms with Crippen molar-refractivity contribution in [2.45, 2.75) is 33.1 Å². The molecule has 1 aliphatic rings. The third-order valence-electron chi connectivity index (χ3n) is 5.13. The van der Waals surface area contributed by atoms with Crippen LogP contribution in [0.4, 0.5) is 11.5 Å². The summed E-state index contributed by atoms with van der Waals surface area (Å²) in [5.41, 5.74) is 2.68. The minimum Gasteiger partial charge on any atom is -0.378 e. The maximum absolute atomic E-state index is 5.43. The first kappa shape index (κ1) is 19.2. The quantitative estimate of drug-likeness (QED) is 0.598. The van der Waals surface area contributed by atoms with Gasteiger partial charge >= 0.3 is 0 Å². The van der Waals surface area contributed by atoms with Crippen molar-refractivity contribution in [3.8, 4) is 0 Å². The van der Waals surface area contributed by atoms with E-state index in [9.17, 15) is 0 Å². The molecule has 148 valence electrons. The number of morpholine rings is 1. The first-order chi connectivity index (χ1) is 13.7. The number of hydrogen-bond donors (Lipinski definition) is 1. The lowest BCUT2D eigenvalue weighted by atomic mass is 10.1. The van der Waals surface area contributed by atoms with Crippen LogP contribution in [-0.4, -0.2) is 42.8 Å². The highest BCUT2D eigenvalue weighted by Crippen LogP contribution is 2.28. The normalized spacial score (nSPS) is 14.6. The van der Waals surface area contributed by atoms with E-state index in [4.69, 9.17) is 9.72 Å². The van der Waals surface area contributed by atoms with Crippen LogP contribution in [0.15, 0.2) is 30.3 Å². The first-order valence-electron chi connectivity index (χ1n) is 10.2. The Balaban J connectivity index is 1.33. The lowest BCUT2D eigenvalue weighted by Gasteiger charge is -2.28. The molecule has 0 spiro atoms. The highest BCUT2D eigenvalue weighted by Gasteiger charge is 2.11. The number of nitrogens with zero attached hydrogens (tertiary/aromatic N) is 3. The number of fused-ring (bicyclic) bond motifs is 1. The van der Waals surface area contributed by atoms with E-state index in [0.29, 0.717) is 0 Å². The molecule has 0 aliphatic carbocycles. The molecule has 0 bridgehead atoms. The van der Waals surface area contributed by atoms with Crippen LogP contribution in [-0.2, 0) is 17.6 Å². The molecule has 28 heavy (non-hydrogen) atoms. The molecule has 2 aromatic heterocycles. The first-order valence-corrected chi connectivity index (χ1v) is 11.0. The molecular formula is C22H28N4OS. The van der Waals surface area contributed by atoms with Crippen molar-refractivity contribution in [2.24, 2.45) is 0 Å². The predicted molar refractivity (Wildman–Crippen MR) is 118 cm³/mol. The predicted octanol–water partition coefficient (Wildman–Crippen LogP) is 4.44. The molecule has 0 unspecified atom stereocenters. The second-order valence-electron chi connectivity index (χ2n) is 7.21. The highest BCUT2D eigenvalue weighted by molar-refractivity contribution is 7.18. The van der Waals surface area contributed by atoms with E-state index < -0.39 is 0 Å². The van der Waals surface area contributed by atoms with Gasteiger partial charge in [-0.3, -0.25) is 0 Å². The van der Waals surface area contributed by atoms with Crippen molar-refractivity contribution in [3.05, 3.63) is 46.6 Å². The molecule has 0 amide bonds. The number of ether oxygens (including phenoxy) is 1. The molecule has 4 rings (SSSR count). The minimum atomic E-state index is 0.827. The maximum Gasteiger partial charge on any atom is 0.138 e. The fourth-order valence-electron chi connectivity index (χ4n) is 3.57. The van der Waals surface area contributed by atoms with Gasteiger partial charge in [0.15, 0.2) is 0 Å². The Morgan fingerprint density at radius 2 is 1.93 bits per heavy atom. The summed E-state index contributed by atoms with van der Waals surface area (Å²) in [5, 5.41) is 4.69. The van der Waals surface area contributed by atoms with Crippen LogP contribution < -0.4 is 10.2 Å². The number of benzene rings is 1. The van der Waals surface area contributed by atoms with Crippen LogP contribution >= 0.6 is 11.3 Å². The van der Waals surface area contributed by atoms with Gasteiger partial charge in [0.05, 0.1) is 18.6 Å². The zero-order valence-corrected chi connectivity index (χ0v) is 17.5. The second-order valence-corrected chi connectivity index (χ2v) is 8.45. The van der Waals surface area contributed by atoms with E-state index in [1.807, 2.05) is 0 Å². The second kappa shape index (κ2) is 8.88. The van der Waals surface area contributed by atoms with E-state index in [0.717, 1.165) is 74.0 Å². The number of aryl methyl sites for hydroxylation is 3. The Labute approximate surface area is 170 Å². The summed E-state index contributed by atoms with van der Waals surface area (Å²) in [6, 6.07) is 11.2. The van der Waals surface area contributed by atoms with E-state index in [2.05, 4.69) is 59.4 Å². The third-order valence-corrected chi connectivity index (χ3v) is 6.07. The molecule has 1 aromatic carbocycles. The van der Waals surface area contributed by atoms with Crippen LogP contribution in [0.1, 0.15) is 29.6 Å². The van der Waals surface area contributed by atoms with Crippen LogP contribution in [0.3, 0.4) is 0 Å². The standard InChI is InChI=1S/C22H28N4OS/c1-3-20-24-21(19-15-16(2)28-22(19)25-20)23-10-4-5-17-6-8-18(9-7-17)26-11-13-27-14-12-26/h6-9,15H,3-5,10-14H2,1-2H3,(H,23,24,25). The van der Waals surface area contributed by atoms with Gasteiger partial charge in [-0.15, -0.1) is 11.3 Å². The Bertz CT molecular complexity index is 916. The van der Waals surface area contributed by atoms with Gasteiger partial charge < -0.3 is 15.0 Å². The summed E-state index contributed by atoms with van der Waals surface area (Å²) in [7, 11) is 0. The van der Waals surface area contributed by atoms with Gasteiger partial charge in [0, 0.05) is 36.6 Å². The molecule has 1 N–H and O–H groups in total. The summed E-state index contributed by atoms with van der Waals surface area (Å²) in [5.74, 6) is 1.89. The number of nitrogens with one attached hydrogen (secondary N) is 1. The van der Waals surface area contributed by atoms with E-state index in [1.165, 1.54) is 16.1 Å². The van der Waals surface area contributed by atoms with Gasteiger partial charge in [0.1, 0.15) is 16.5 Å². The minimum absolute atomic E-state index is 0.827. The Hall–Kier alpha value is -2.18. The molecular weight excluding hydrogens is 368 g/mol. The fourth-order valence-corrected chi connectivity index (χ4v) is 4.47. The Morgan fingerprint density at radius 3 is 2.68 bits per heavy atom. The summed E-state index contributed by atoms with van der Waals surface area (Å²) in [6.07, 6.45) is 3.00. The number of aromatic nitrogens is 2. The lowest BCUT2D eigenvalue weighted by molar-refractivity contribution is 0.122. The van der Waals surface area contributed by atoms with Gasteiger partial charge in [-0.25, -0.2) is 9.97 Å². The van der Waals surface area contributed by atoms with Crippen LogP contribution in [0.2, 0.25) is 0 Å². The summed E-state index contributed by atoms with van der Waals surface area (Å²) < 4.78 is 5.43. The zero-order valence-electron chi connectivity index (χ0n) is 16.7. The smallest absolute Gasteiger partial charge is 0.138 e. The number of anilines is 2. The van der Waals surface area contributed by atoms with Crippen LogP contribution in [0.25, 0.3) is 10.2 Å². The maximum atomic E-state index is 5.43. The lowest BCUT2D eigenvalue weighted by Crippen LogP contribution is -2.36. The summed E-state index contributed by atoms with van der Waals surface area (Å²) >= 11 is 1.74. The van der Waals surface area contributed by atoms with E-state index in [-0.39, 0.29) is 0 Å². The molecule has 0 radical (unpaired) electrons. The fraction of sp³-hybridized carbons (Fsp3) is 0.455. The van der Waals surface area contributed by atoms with Crippen molar-refractivity contribution in [1.29, 1.82) is 0 Å². The highest BCUT2D eigenvalue weighted by atomic mass is 32.1.